The van der Waals surface area contributed by atoms with Crippen molar-refractivity contribution in [3.63, 3.8) is 0 Å². The maximum absolute atomic E-state index is 12.5. The van der Waals surface area contributed by atoms with Gasteiger partial charge in [0.1, 0.15) is 0 Å². The van der Waals surface area contributed by atoms with Gasteiger partial charge >= 0.3 is 0 Å². The molecule has 1 aliphatic heterocycles. The number of Topliss-reactive ketones (excluding diaryl/α,β-unsaturated/α-hetero) is 1. The molecule has 0 fully saturated rings. The average Bonchev–Trinajstić information content (AvgIpc) is 3.31. The van der Waals surface area contributed by atoms with Gasteiger partial charge in [-0.2, -0.15) is 0 Å². The van der Waals surface area contributed by atoms with E-state index in [4.69, 9.17) is 16.0 Å². The van der Waals surface area contributed by atoms with Crippen LogP contribution in [0.2, 0.25) is 5.02 Å². The number of rotatable bonds is 5. The highest BCUT2D eigenvalue weighted by Crippen LogP contribution is 2.28. The van der Waals surface area contributed by atoms with E-state index < -0.39 is 0 Å². The number of anilines is 1. The van der Waals surface area contributed by atoms with E-state index in [0.29, 0.717) is 28.8 Å². The zero-order valence-electron chi connectivity index (χ0n) is 14.3. The van der Waals surface area contributed by atoms with E-state index in [0.717, 1.165) is 23.5 Å². The molecule has 1 amide bonds. The molecule has 8 heteroatoms. The van der Waals surface area contributed by atoms with E-state index >= 15 is 0 Å². The second-order valence-corrected chi connectivity index (χ2v) is 7.73. The quantitative estimate of drug-likeness (QED) is 0.656. The fourth-order valence-electron chi connectivity index (χ4n) is 2.93. The van der Waals surface area contributed by atoms with Crippen LogP contribution in [0.1, 0.15) is 31.5 Å². The third-order valence-electron chi connectivity index (χ3n) is 4.31. The summed E-state index contributed by atoms with van der Waals surface area (Å²) >= 11 is 7.31. The molecule has 6 nitrogen and oxygen atoms in total. The van der Waals surface area contributed by atoms with Crippen molar-refractivity contribution in [2.45, 2.75) is 13.0 Å². The van der Waals surface area contributed by atoms with Crippen LogP contribution in [0.25, 0.3) is 0 Å². The number of aromatic nitrogens is 1. The Morgan fingerprint density at radius 3 is 2.81 bits per heavy atom. The van der Waals surface area contributed by atoms with Gasteiger partial charge in [0.15, 0.2) is 16.7 Å². The number of carbonyl (C=O) groups is 2. The lowest BCUT2D eigenvalue weighted by atomic mass is 10.1. The molecule has 0 saturated heterocycles. The molecule has 0 atom stereocenters. The fourth-order valence-corrected chi connectivity index (χ4v) is 4.11. The van der Waals surface area contributed by atoms with Crippen molar-refractivity contribution in [2.75, 3.05) is 18.4 Å². The van der Waals surface area contributed by atoms with E-state index in [1.54, 1.807) is 36.4 Å². The minimum absolute atomic E-state index is 0.0611. The second-order valence-electron chi connectivity index (χ2n) is 6.21. The third-order valence-corrected chi connectivity index (χ3v) is 5.56. The van der Waals surface area contributed by atoms with Crippen molar-refractivity contribution in [1.82, 2.24) is 9.88 Å². The summed E-state index contributed by atoms with van der Waals surface area (Å²) in [6.07, 6.45) is 2.20. The number of benzene rings is 1. The first kappa shape index (κ1) is 17.9. The summed E-state index contributed by atoms with van der Waals surface area (Å²) < 4.78 is 5.09. The lowest BCUT2D eigenvalue weighted by molar-refractivity contribution is 0.0921. The first-order valence-electron chi connectivity index (χ1n) is 8.43. The largest absolute Gasteiger partial charge is 0.459 e. The van der Waals surface area contributed by atoms with Gasteiger partial charge in [-0.3, -0.25) is 19.8 Å². The molecule has 138 valence electrons. The Balaban J connectivity index is 1.39. The van der Waals surface area contributed by atoms with Gasteiger partial charge in [-0.25, -0.2) is 4.98 Å². The number of nitrogens with one attached hydrogen (secondary N) is 1. The van der Waals surface area contributed by atoms with E-state index in [1.165, 1.54) is 17.6 Å². The van der Waals surface area contributed by atoms with Crippen LogP contribution < -0.4 is 5.32 Å². The molecular weight excluding hydrogens is 386 g/mol. The van der Waals surface area contributed by atoms with Crippen LogP contribution in [0.5, 0.6) is 0 Å². The molecule has 3 aromatic rings. The standard InChI is InChI=1S/C19H16ClN3O3S/c20-13-5-3-12(4-6-13)15(24)10-23-8-7-14-17(11-23)27-19(21-14)22-18(25)16-2-1-9-26-16/h1-6,9H,7-8,10-11H2,(H,21,22,25). The van der Waals surface area contributed by atoms with Crippen LogP contribution in [0.15, 0.2) is 47.1 Å². The van der Waals surface area contributed by atoms with Crippen molar-refractivity contribution in [3.8, 4) is 0 Å². The van der Waals surface area contributed by atoms with E-state index in [9.17, 15) is 9.59 Å². The van der Waals surface area contributed by atoms with Gasteiger partial charge in [0.05, 0.1) is 18.5 Å². The fraction of sp³-hybridized carbons (Fsp3) is 0.211. The monoisotopic (exact) mass is 401 g/mol. The maximum atomic E-state index is 12.5. The van der Waals surface area contributed by atoms with Gasteiger partial charge in [0.2, 0.25) is 0 Å². The minimum Gasteiger partial charge on any atom is -0.459 e. The molecule has 0 aliphatic carbocycles. The number of furan rings is 1. The number of nitrogens with zero attached hydrogens (tertiary/aromatic N) is 2. The normalized spacial score (nSPS) is 14.0. The van der Waals surface area contributed by atoms with E-state index in [2.05, 4.69) is 15.2 Å². The molecular formula is C19H16ClN3O3S. The van der Waals surface area contributed by atoms with Crippen molar-refractivity contribution >= 4 is 39.8 Å². The van der Waals surface area contributed by atoms with Crippen molar-refractivity contribution in [1.29, 1.82) is 0 Å². The highest BCUT2D eigenvalue weighted by Gasteiger charge is 2.23. The molecule has 0 unspecified atom stereocenters. The van der Waals surface area contributed by atoms with Gasteiger partial charge in [-0.1, -0.05) is 11.6 Å². The third kappa shape index (κ3) is 4.10. The Morgan fingerprint density at radius 1 is 1.26 bits per heavy atom. The number of thiazole rings is 1. The number of hydrogen-bond donors (Lipinski definition) is 1. The topological polar surface area (TPSA) is 75.4 Å². The summed E-state index contributed by atoms with van der Waals surface area (Å²) in [6.45, 7) is 1.73. The van der Waals surface area contributed by atoms with Crippen molar-refractivity contribution < 1.29 is 14.0 Å². The van der Waals surface area contributed by atoms with Crippen molar-refractivity contribution in [2.24, 2.45) is 0 Å². The lowest BCUT2D eigenvalue weighted by Gasteiger charge is -2.25. The Hall–Kier alpha value is -2.48. The predicted molar refractivity (Wildman–Crippen MR) is 104 cm³/mol. The first-order valence-corrected chi connectivity index (χ1v) is 9.62. The van der Waals surface area contributed by atoms with Crippen LogP contribution in [0.3, 0.4) is 0 Å². The molecule has 4 rings (SSSR count). The van der Waals surface area contributed by atoms with E-state index in [-0.39, 0.29) is 17.5 Å². The summed E-state index contributed by atoms with van der Waals surface area (Å²) in [5.41, 5.74) is 1.63. The molecule has 3 heterocycles. The number of fused-ring (bicyclic) bond motifs is 1. The van der Waals surface area contributed by atoms with Crippen molar-refractivity contribution in [3.05, 3.63) is 69.6 Å². The molecule has 1 aliphatic rings. The van der Waals surface area contributed by atoms with Crippen LogP contribution in [-0.4, -0.2) is 34.7 Å². The summed E-state index contributed by atoms with van der Waals surface area (Å²) in [5, 5.41) is 3.93. The SMILES string of the molecule is O=C(CN1CCc2nc(NC(=O)c3ccco3)sc2C1)c1ccc(Cl)cc1. The first-order chi connectivity index (χ1) is 13.1. The van der Waals surface area contributed by atoms with Crippen LogP contribution in [0.4, 0.5) is 5.13 Å². The molecule has 0 bridgehead atoms. The smallest absolute Gasteiger partial charge is 0.293 e. The van der Waals surface area contributed by atoms with Gasteiger partial charge in [-0.15, -0.1) is 11.3 Å². The Kier molecular flexibility index (Phi) is 5.07. The Morgan fingerprint density at radius 2 is 2.07 bits per heavy atom. The maximum Gasteiger partial charge on any atom is 0.293 e. The highest BCUT2D eigenvalue weighted by atomic mass is 35.5. The molecule has 0 saturated carbocycles. The molecule has 0 radical (unpaired) electrons. The molecule has 2 aromatic heterocycles. The molecule has 1 N–H and O–H groups in total. The molecule has 1 aromatic carbocycles. The number of halogens is 1. The van der Waals surface area contributed by atoms with Gasteiger partial charge in [0.25, 0.3) is 5.91 Å². The summed E-state index contributed by atoms with van der Waals surface area (Å²) in [4.78, 5) is 32.2. The zero-order chi connectivity index (χ0) is 18.8. The minimum atomic E-state index is -0.319. The van der Waals surface area contributed by atoms with E-state index in [1.807, 2.05) is 0 Å². The van der Waals surface area contributed by atoms with Gasteiger partial charge < -0.3 is 4.42 Å². The second kappa shape index (κ2) is 7.64. The highest BCUT2D eigenvalue weighted by molar-refractivity contribution is 7.15. The molecule has 27 heavy (non-hydrogen) atoms. The molecule has 0 spiro atoms. The number of amides is 1. The number of carbonyl (C=O) groups excluding carboxylic acids is 2. The van der Waals surface area contributed by atoms with Crippen LogP contribution in [-0.2, 0) is 13.0 Å². The van der Waals surface area contributed by atoms with Gasteiger partial charge in [0, 0.05) is 35.0 Å². The predicted octanol–water partition coefficient (Wildman–Crippen LogP) is 3.88. The lowest BCUT2D eigenvalue weighted by Crippen LogP contribution is -2.34. The number of hydrogen-bond acceptors (Lipinski definition) is 6. The summed E-state index contributed by atoms with van der Waals surface area (Å²) in [5.74, 6) is -0.00907. The number of ketones is 1. The summed E-state index contributed by atoms with van der Waals surface area (Å²) in [6, 6.07) is 10.2. The van der Waals surface area contributed by atoms with Crippen LogP contribution >= 0.6 is 22.9 Å². The zero-order valence-corrected chi connectivity index (χ0v) is 15.8. The van der Waals surface area contributed by atoms with Gasteiger partial charge in [-0.05, 0) is 36.4 Å². The summed E-state index contributed by atoms with van der Waals surface area (Å²) in [7, 11) is 0. The van der Waals surface area contributed by atoms with Crippen LogP contribution in [0, 0.1) is 0 Å². The average molecular weight is 402 g/mol. The Bertz CT molecular complexity index is 967. The Labute approximate surface area is 164 Å².